The van der Waals surface area contributed by atoms with Gasteiger partial charge in [0.25, 0.3) is 0 Å². The van der Waals surface area contributed by atoms with Crippen LogP contribution in [0.2, 0.25) is 5.15 Å². The van der Waals surface area contributed by atoms with Gasteiger partial charge in [0.1, 0.15) is 29.0 Å². The van der Waals surface area contributed by atoms with Crippen molar-refractivity contribution in [1.29, 1.82) is 5.26 Å². The number of pyridine rings is 1. The van der Waals surface area contributed by atoms with Gasteiger partial charge in [0, 0.05) is 18.7 Å². The van der Waals surface area contributed by atoms with Crippen molar-refractivity contribution in [1.82, 2.24) is 15.2 Å². The van der Waals surface area contributed by atoms with Crippen molar-refractivity contribution in [3.8, 4) is 17.3 Å². The van der Waals surface area contributed by atoms with Gasteiger partial charge in [-0.2, -0.15) is 10.4 Å². The molecule has 0 radical (unpaired) electrons. The molecule has 2 N–H and O–H groups in total. The molecular weight excluding hydrogens is 424 g/mol. The monoisotopic (exact) mass is 439 g/mol. The summed E-state index contributed by atoms with van der Waals surface area (Å²) in [5, 5.41) is 19.2. The highest BCUT2D eigenvalue weighted by Crippen LogP contribution is 2.42. The van der Waals surface area contributed by atoms with E-state index in [0.29, 0.717) is 29.3 Å². The number of halogens is 3. The van der Waals surface area contributed by atoms with Gasteiger partial charge < -0.3 is 10.2 Å². The van der Waals surface area contributed by atoms with Gasteiger partial charge >= 0.3 is 0 Å². The Kier molecular flexibility index (Phi) is 4.79. The third-order valence-corrected chi connectivity index (χ3v) is 5.72. The van der Waals surface area contributed by atoms with E-state index in [-0.39, 0.29) is 28.2 Å². The van der Waals surface area contributed by atoms with Crippen LogP contribution in [0.15, 0.2) is 35.5 Å². The largest absolute Gasteiger partial charge is 0.355 e. The van der Waals surface area contributed by atoms with Crippen molar-refractivity contribution in [2.24, 2.45) is 10.9 Å². The van der Waals surface area contributed by atoms with Crippen molar-refractivity contribution >= 4 is 34.6 Å². The van der Waals surface area contributed by atoms with Gasteiger partial charge in [0.05, 0.1) is 35.1 Å². The predicted octanol–water partition coefficient (Wildman–Crippen LogP) is 4.65. The van der Waals surface area contributed by atoms with Crippen LogP contribution in [0.5, 0.6) is 0 Å². The minimum atomic E-state index is -0.753. The van der Waals surface area contributed by atoms with E-state index in [1.165, 1.54) is 6.07 Å². The van der Waals surface area contributed by atoms with Gasteiger partial charge in [-0.25, -0.2) is 18.8 Å². The Balaban J connectivity index is 1.62. The number of rotatable bonds is 2. The lowest BCUT2D eigenvalue weighted by Gasteiger charge is -2.31. The van der Waals surface area contributed by atoms with Gasteiger partial charge in [0.2, 0.25) is 0 Å². The standard InChI is InChI=1S/C21H16ClF2N7/c22-20-19-18(29-30-20)12-7-16(31-6-2-3-11(8-25)10-31)26-9-15(12)27-21(28-19)17-13(23)4-1-5-14(17)24/h1,4-5,7,9,11H,2-3,6,10H2,(H,27,28)(H,29,30)/t11-/m0/s1. The summed E-state index contributed by atoms with van der Waals surface area (Å²) in [6.45, 7) is 1.38. The maximum absolute atomic E-state index is 14.5. The fourth-order valence-electron chi connectivity index (χ4n) is 3.93. The highest BCUT2D eigenvalue weighted by molar-refractivity contribution is 6.33. The number of hydrogen-bond acceptors (Lipinski definition) is 6. The van der Waals surface area contributed by atoms with E-state index >= 15 is 0 Å². The number of anilines is 2. The van der Waals surface area contributed by atoms with Gasteiger partial charge in [0.15, 0.2) is 5.15 Å². The van der Waals surface area contributed by atoms with E-state index in [1.807, 2.05) is 6.07 Å². The summed E-state index contributed by atoms with van der Waals surface area (Å²) in [5.41, 5.74) is 1.65. The molecule has 0 bridgehead atoms. The number of nitriles is 1. The zero-order valence-electron chi connectivity index (χ0n) is 16.2. The quantitative estimate of drug-likeness (QED) is 0.606. The lowest BCUT2D eigenvalue weighted by Crippen LogP contribution is -2.35. The number of hydrogen-bond donors (Lipinski definition) is 2. The molecule has 2 aliphatic rings. The molecular formula is C21H16ClF2N7. The molecule has 1 saturated heterocycles. The number of fused-ring (bicyclic) bond motifs is 3. The minimum absolute atomic E-state index is 0.0315. The molecule has 0 unspecified atom stereocenters. The number of aromatic amines is 1. The molecule has 1 aromatic carbocycles. The molecule has 0 spiro atoms. The minimum Gasteiger partial charge on any atom is -0.355 e. The molecule has 7 nitrogen and oxygen atoms in total. The van der Waals surface area contributed by atoms with Crippen molar-refractivity contribution < 1.29 is 8.78 Å². The fourth-order valence-corrected chi connectivity index (χ4v) is 4.11. The molecule has 1 atom stereocenters. The Morgan fingerprint density at radius 3 is 2.84 bits per heavy atom. The summed E-state index contributed by atoms with van der Waals surface area (Å²) in [6.07, 6.45) is 3.35. The fraction of sp³-hybridized carbons (Fsp3) is 0.238. The molecule has 0 saturated carbocycles. The lowest BCUT2D eigenvalue weighted by molar-refractivity contribution is 0.491. The Morgan fingerprint density at radius 1 is 1.26 bits per heavy atom. The first kappa shape index (κ1) is 19.5. The van der Waals surface area contributed by atoms with Crippen molar-refractivity contribution in [3.05, 3.63) is 52.8 Å². The molecule has 10 heteroatoms. The van der Waals surface area contributed by atoms with Crippen molar-refractivity contribution in [2.45, 2.75) is 12.8 Å². The number of nitrogens with zero attached hydrogens (tertiary/aromatic N) is 5. The Bertz CT molecular complexity index is 1230. The van der Waals surface area contributed by atoms with Crippen LogP contribution in [-0.4, -0.2) is 34.1 Å². The maximum Gasteiger partial charge on any atom is 0.177 e. The average molecular weight is 440 g/mol. The van der Waals surface area contributed by atoms with Crippen LogP contribution in [0.25, 0.3) is 11.3 Å². The topological polar surface area (TPSA) is 93.0 Å². The van der Waals surface area contributed by atoms with E-state index in [4.69, 9.17) is 11.6 Å². The molecule has 31 heavy (non-hydrogen) atoms. The third-order valence-electron chi connectivity index (χ3n) is 5.46. The molecule has 4 heterocycles. The van der Waals surface area contributed by atoms with Crippen LogP contribution in [0.3, 0.4) is 0 Å². The molecule has 2 aliphatic heterocycles. The van der Waals surface area contributed by atoms with E-state index in [0.717, 1.165) is 31.5 Å². The first-order chi connectivity index (χ1) is 15.0. The van der Waals surface area contributed by atoms with Crippen LogP contribution < -0.4 is 10.2 Å². The molecule has 0 amide bonds. The highest BCUT2D eigenvalue weighted by atomic mass is 35.5. The van der Waals surface area contributed by atoms with Crippen molar-refractivity contribution in [3.63, 3.8) is 0 Å². The van der Waals surface area contributed by atoms with Gasteiger partial charge in [-0.3, -0.25) is 5.10 Å². The number of benzene rings is 1. The lowest BCUT2D eigenvalue weighted by atomic mass is 9.99. The summed E-state index contributed by atoms with van der Waals surface area (Å²) >= 11 is 6.23. The van der Waals surface area contributed by atoms with E-state index in [2.05, 4.69) is 36.5 Å². The summed E-state index contributed by atoms with van der Waals surface area (Å²) < 4.78 is 28.9. The van der Waals surface area contributed by atoms with Gasteiger partial charge in [-0.05, 0) is 31.0 Å². The van der Waals surface area contributed by atoms with Crippen LogP contribution >= 0.6 is 11.6 Å². The first-order valence-corrected chi connectivity index (χ1v) is 10.1. The van der Waals surface area contributed by atoms with E-state index in [1.54, 1.807) is 6.20 Å². The van der Waals surface area contributed by atoms with Gasteiger partial charge in [-0.1, -0.05) is 17.7 Å². The summed E-state index contributed by atoms with van der Waals surface area (Å²) in [6, 6.07) is 7.78. The first-order valence-electron chi connectivity index (χ1n) is 9.74. The Morgan fingerprint density at radius 2 is 2.06 bits per heavy atom. The zero-order valence-corrected chi connectivity index (χ0v) is 16.9. The second kappa shape index (κ2) is 7.63. The Labute approximate surface area is 181 Å². The van der Waals surface area contributed by atoms with E-state index in [9.17, 15) is 14.0 Å². The maximum atomic E-state index is 14.5. The molecule has 156 valence electrons. The molecule has 2 aromatic heterocycles. The van der Waals surface area contributed by atoms with Crippen LogP contribution in [-0.2, 0) is 0 Å². The third kappa shape index (κ3) is 3.39. The second-order valence-corrected chi connectivity index (χ2v) is 7.78. The number of amidine groups is 1. The number of aromatic nitrogens is 3. The summed E-state index contributed by atoms with van der Waals surface area (Å²) in [4.78, 5) is 11.0. The normalized spacial score (nSPS) is 17.7. The van der Waals surface area contributed by atoms with Gasteiger partial charge in [-0.15, -0.1) is 0 Å². The zero-order chi connectivity index (χ0) is 21.5. The summed E-state index contributed by atoms with van der Waals surface area (Å²) in [7, 11) is 0. The SMILES string of the molecule is N#C[C@@H]1CCCN(c2cc3c(cn2)NC(c2c(F)cccc2F)=Nc2c(Cl)n[nH]c2-3)C1. The number of piperidine rings is 1. The Hall–Kier alpha value is -3.51. The smallest absolute Gasteiger partial charge is 0.177 e. The van der Waals surface area contributed by atoms with Crippen LogP contribution in [0.1, 0.15) is 18.4 Å². The molecule has 0 aliphatic carbocycles. The number of H-pyrrole nitrogens is 1. The van der Waals surface area contributed by atoms with E-state index < -0.39 is 11.6 Å². The van der Waals surface area contributed by atoms with Crippen molar-refractivity contribution in [2.75, 3.05) is 23.3 Å². The molecule has 5 rings (SSSR count). The molecule has 1 fully saturated rings. The second-order valence-electron chi connectivity index (χ2n) is 7.42. The average Bonchev–Trinajstić information content (AvgIpc) is 3.05. The van der Waals surface area contributed by atoms with Crippen LogP contribution in [0.4, 0.5) is 26.0 Å². The summed E-state index contributed by atoms with van der Waals surface area (Å²) in [5.74, 6) is -0.898. The number of aliphatic imine (C=N–C) groups is 1. The highest BCUT2D eigenvalue weighted by Gasteiger charge is 2.27. The molecule has 3 aromatic rings. The number of nitrogens with one attached hydrogen (secondary N) is 2. The predicted molar refractivity (Wildman–Crippen MR) is 114 cm³/mol. The van der Waals surface area contributed by atoms with Crippen LogP contribution in [0, 0.1) is 28.9 Å².